The Hall–Kier alpha value is -1.57. The molecule has 1 aromatic carbocycles. The van der Waals surface area contributed by atoms with Crippen LogP contribution in [0.3, 0.4) is 0 Å². The Balaban J connectivity index is 2.83. The summed E-state index contributed by atoms with van der Waals surface area (Å²) in [7, 11) is 0. The van der Waals surface area contributed by atoms with Gasteiger partial charge in [-0.2, -0.15) is 5.26 Å². The Morgan fingerprint density at radius 1 is 1.41 bits per heavy atom. The highest BCUT2D eigenvalue weighted by molar-refractivity contribution is 5.46. The van der Waals surface area contributed by atoms with E-state index in [0.29, 0.717) is 17.2 Å². The lowest BCUT2D eigenvalue weighted by molar-refractivity contribution is 0.0535. The highest BCUT2D eigenvalue weighted by Gasteiger charge is 2.09. The highest BCUT2D eigenvalue weighted by Crippen LogP contribution is 2.23. The normalized spacial score (nSPS) is 12.2. The van der Waals surface area contributed by atoms with Crippen LogP contribution in [0.1, 0.15) is 30.9 Å². The van der Waals surface area contributed by atoms with E-state index in [9.17, 15) is 0 Å². The summed E-state index contributed by atoms with van der Waals surface area (Å²) >= 11 is 0. The largest absolute Gasteiger partial charge is 0.489 e. The van der Waals surface area contributed by atoms with Crippen molar-refractivity contribution in [3.8, 4) is 11.8 Å². The maximum absolute atomic E-state index is 9.17. The number of hydrogen-bond donors (Lipinski definition) is 2. The fourth-order valence-electron chi connectivity index (χ4n) is 1.36. The summed E-state index contributed by atoms with van der Waals surface area (Å²) in [6.07, 6.45) is -0.925. The average Bonchev–Trinajstić information content (AvgIpc) is 2.35. The first kappa shape index (κ1) is 13.5. The van der Waals surface area contributed by atoms with Crippen molar-refractivity contribution in [3.63, 3.8) is 0 Å². The van der Waals surface area contributed by atoms with Crippen molar-refractivity contribution in [2.75, 3.05) is 13.2 Å². The first-order valence-electron chi connectivity index (χ1n) is 5.54. The zero-order chi connectivity index (χ0) is 12.8. The van der Waals surface area contributed by atoms with E-state index >= 15 is 0 Å². The minimum Gasteiger partial charge on any atom is -0.489 e. The number of nitrogens with zero attached hydrogens (tertiary/aromatic N) is 1. The number of ether oxygens (including phenoxy) is 1. The van der Waals surface area contributed by atoms with Gasteiger partial charge in [-0.1, -0.05) is 19.9 Å². The average molecular weight is 235 g/mol. The number of aliphatic hydroxyl groups excluding tert-OH is 2. The molecular weight excluding hydrogens is 218 g/mol. The first-order valence-corrected chi connectivity index (χ1v) is 5.54. The second-order valence-corrected chi connectivity index (χ2v) is 4.17. The lowest BCUT2D eigenvalue weighted by atomic mass is 10.0. The number of hydrogen-bond acceptors (Lipinski definition) is 4. The standard InChI is InChI=1S/C13H17NO3/c1-9(2)10-3-4-13(11(5-10)6-14)17-8-12(16)7-15/h3-5,9,12,15-16H,7-8H2,1-2H3. The molecule has 92 valence electrons. The summed E-state index contributed by atoms with van der Waals surface area (Å²) in [5.41, 5.74) is 1.51. The van der Waals surface area contributed by atoms with Gasteiger partial charge in [-0.05, 0) is 23.6 Å². The van der Waals surface area contributed by atoms with Gasteiger partial charge >= 0.3 is 0 Å². The quantitative estimate of drug-likeness (QED) is 0.809. The predicted octanol–water partition coefficient (Wildman–Crippen LogP) is 1.41. The summed E-state index contributed by atoms with van der Waals surface area (Å²) < 4.78 is 5.28. The molecule has 0 saturated carbocycles. The van der Waals surface area contributed by atoms with Crippen LogP contribution in [0.25, 0.3) is 0 Å². The zero-order valence-corrected chi connectivity index (χ0v) is 10.1. The Bertz CT molecular complexity index is 410. The maximum Gasteiger partial charge on any atom is 0.137 e. The second-order valence-electron chi connectivity index (χ2n) is 4.17. The van der Waals surface area contributed by atoms with E-state index in [-0.39, 0.29) is 13.2 Å². The first-order chi connectivity index (χ1) is 8.08. The minimum absolute atomic E-state index is 0.0216. The molecule has 1 unspecified atom stereocenters. The van der Waals surface area contributed by atoms with Crippen molar-refractivity contribution in [2.24, 2.45) is 0 Å². The minimum atomic E-state index is -0.925. The van der Waals surface area contributed by atoms with Crippen LogP contribution in [0, 0.1) is 11.3 Å². The van der Waals surface area contributed by atoms with Gasteiger partial charge in [-0.15, -0.1) is 0 Å². The van der Waals surface area contributed by atoms with Crippen LogP contribution in [0.2, 0.25) is 0 Å². The van der Waals surface area contributed by atoms with E-state index in [0.717, 1.165) is 5.56 Å². The summed E-state index contributed by atoms with van der Waals surface area (Å²) in [6, 6.07) is 7.46. The molecule has 0 bridgehead atoms. The zero-order valence-electron chi connectivity index (χ0n) is 10.1. The third kappa shape index (κ3) is 3.74. The van der Waals surface area contributed by atoms with E-state index in [1.165, 1.54) is 0 Å². The molecular formula is C13H17NO3. The molecule has 1 atom stereocenters. The Morgan fingerprint density at radius 2 is 2.12 bits per heavy atom. The van der Waals surface area contributed by atoms with Gasteiger partial charge in [-0.3, -0.25) is 0 Å². The fraction of sp³-hybridized carbons (Fsp3) is 0.462. The molecule has 0 fully saturated rings. The van der Waals surface area contributed by atoms with Crippen molar-refractivity contribution in [1.82, 2.24) is 0 Å². The molecule has 0 aliphatic heterocycles. The molecule has 1 rings (SSSR count). The smallest absolute Gasteiger partial charge is 0.137 e. The Morgan fingerprint density at radius 3 is 2.65 bits per heavy atom. The molecule has 4 heteroatoms. The van der Waals surface area contributed by atoms with Crippen LogP contribution in [0.4, 0.5) is 0 Å². The molecule has 0 heterocycles. The number of nitriles is 1. The Kier molecular flexibility index (Phi) is 4.95. The molecule has 4 nitrogen and oxygen atoms in total. The molecule has 0 aromatic heterocycles. The topological polar surface area (TPSA) is 73.5 Å². The van der Waals surface area contributed by atoms with E-state index in [2.05, 4.69) is 6.07 Å². The summed E-state index contributed by atoms with van der Waals surface area (Å²) in [6.45, 7) is 3.72. The third-order valence-electron chi connectivity index (χ3n) is 2.43. The van der Waals surface area contributed by atoms with Crippen LogP contribution >= 0.6 is 0 Å². The van der Waals surface area contributed by atoms with Crippen LogP contribution in [-0.2, 0) is 0 Å². The van der Waals surface area contributed by atoms with Crippen molar-refractivity contribution in [1.29, 1.82) is 5.26 Å². The van der Waals surface area contributed by atoms with E-state index in [1.54, 1.807) is 12.1 Å². The molecule has 2 N–H and O–H groups in total. The van der Waals surface area contributed by atoms with Gasteiger partial charge in [0.15, 0.2) is 0 Å². The van der Waals surface area contributed by atoms with Gasteiger partial charge in [-0.25, -0.2) is 0 Å². The van der Waals surface area contributed by atoms with E-state index < -0.39 is 6.10 Å². The molecule has 0 aliphatic rings. The number of aliphatic hydroxyl groups is 2. The van der Waals surface area contributed by atoms with Crippen molar-refractivity contribution in [2.45, 2.75) is 25.9 Å². The lowest BCUT2D eigenvalue weighted by Crippen LogP contribution is -2.21. The molecule has 0 radical (unpaired) electrons. The van der Waals surface area contributed by atoms with Gasteiger partial charge in [0.2, 0.25) is 0 Å². The van der Waals surface area contributed by atoms with Crippen LogP contribution < -0.4 is 4.74 Å². The van der Waals surface area contributed by atoms with Crippen molar-refractivity contribution < 1.29 is 14.9 Å². The summed E-state index contributed by atoms with van der Waals surface area (Å²) in [5.74, 6) is 0.781. The number of rotatable bonds is 5. The van der Waals surface area contributed by atoms with Crippen LogP contribution in [-0.4, -0.2) is 29.5 Å². The summed E-state index contributed by atoms with van der Waals surface area (Å²) in [4.78, 5) is 0. The highest BCUT2D eigenvalue weighted by atomic mass is 16.5. The van der Waals surface area contributed by atoms with Gasteiger partial charge < -0.3 is 14.9 Å². The molecule has 0 aliphatic carbocycles. The Labute approximate surface area is 101 Å². The van der Waals surface area contributed by atoms with Crippen LogP contribution in [0.5, 0.6) is 5.75 Å². The van der Waals surface area contributed by atoms with Gasteiger partial charge in [0, 0.05) is 0 Å². The summed E-state index contributed by atoms with van der Waals surface area (Å²) in [5, 5.41) is 26.8. The third-order valence-corrected chi connectivity index (χ3v) is 2.43. The molecule has 1 aromatic rings. The second kappa shape index (κ2) is 6.24. The lowest BCUT2D eigenvalue weighted by Gasteiger charge is -2.12. The van der Waals surface area contributed by atoms with E-state index in [1.807, 2.05) is 19.9 Å². The SMILES string of the molecule is CC(C)c1ccc(OCC(O)CO)c(C#N)c1. The van der Waals surface area contributed by atoms with Gasteiger partial charge in [0.1, 0.15) is 24.5 Å². The molecule has 0 saturated heterocycles. The van der Waals surface area contributed by atoms with Gasteiger partial charge in [0.25, 0.3) is 0 Å². The monoisotopic (exact) mass is 235 g/mol. The van der Waals surface area contributed by atoms with Crippen molar-refractivity contribution in [3.05, 3.63) is 29.3 Å². The molecule has 17 heavy (non-hydrogen) atoms. The van der Waals surface area contributed by atoms with Crippen LogP contribution in [0.15, 0.2) is 18.2 Å². The number of benzene rings is 1. The van der Waals surface area contributed by atoms with E-state index in [4.69, 9.17) is 20.2 Å². The maximum atomic E-state index is 9.17. The molecule has 0 amide bonds. The van der Waals surface area contributed by atoms with Crippen molar-refractivity contribution >= 4 is 0 Å². The predicted molar refractivity (Wildman–Crippen MR) is 63.8 cm³/mol. The fourth-order valence-corrected chi connectivity index (χ4v) is 1.36. The van der Waals surface area contributed by atoms with Gasteiger partial charge in [0.05, 0.1) is 12.2 Å². The molecule has 0 spiro atoms.